The molecule has 5 heteroatoms. The third kappa shape index (κ3) is 3.75. The lowest BCUT2D eigenvalue weighted by molar-refractivity contribution is 0.0984. The van der Waals surface area contributed by atoms with Crippen molar-refractivity contribution in [2.45, 2.75) is 6.54 Å². The third-order valence-electron chi connectivity index (χ3n) is 3.52. The fraction of sp³-hybridized carbons (Fsp3) is 0.0526. The molecule has 0 fully saturated rings. The van der Waals surface area contributed by atoms with Gasteiger partial charge in [-0.05, 0) is 35.9 Å². The van der Waals surface area contributed by atoms with E-state index in [1.54, 1.807) is 35.4 Å². The molecule has 0 bridgehead atoms. The van der Waals surface area contributed by atoms with E-state index < -0.39 is 0 Å². The van der Waals surface area contributed by atoms with Gasteiger partial charge in [0, 0.05) is 11.2 Å². The van der Waals surface area contributed by atoms with Crippen molar-refractivity contribution < 1.29 is 4.79 Å². The number of carbonyl (C=O) groups is 1. The molecule has 24 heavy (non-hydrogen) atoms. The predicted molar refractivity (Wildman–Crippen MR) is 97.7 cm³/mol. The minimum atomic E-state index is -0.223. The lowest BCUT2D eigenvalue weighted by atomic mass is 10.1. The molecule has 120 valence electrons. The highest BCUT2D eigenvalue weighted by atomic mass is 35.5. The molecule has 2 aromatic carbocycles. The van der Waals surface area contributed by atoms with Gasteiger partial charge in [0.05, 0.1) is 17.1 Å². The Bertz CT molecular complexity index is 839. The molecule has 1 amide bonds. The van der Waals surface area contributed by atoms with Crippen molar-refractivity contribution in [3.05, 3.63) is 94.1 Å². The number of nitrogens with zero attached hydrogens (tertiary/aromatic N) is 2. The molecule has 0 N–H and O–H groups in total. The Kier molecular flexibility index (Phi) is 5.14. The zero-order valence-corrected chi connectivity index (χ0v) is 14.2. The summed E-state index contributed by atoms with van der Waals surface area (Å²) in [7, 11) is 0. The van der Waals surface area contributed by atoms with Crippen molar-refractivity contribution in [1.82, 2.24) is 4.98 Å². The van der Waals surface area contributed by atoms with Crippen molar-refractivity contribution >= 4 is 34.9 Å². The molecule has 0 aliphatic carbocycles. The molecule has 0 radical (unpaired) electrons. The number of anilines is 1. The lowest BCUT2D eigenvalue weighted by Crippen LogP contribution is -2.31. The molecule has 3 rings (SSSR count). The Balaban J connectivity index is 1.99. The first-order valence-corrected chi connectivity index (χ1v) is 8.12. The Morgan fingerprint density at radius 2 is 1.71 bits per heavy atom. The second-order valence-electron chi connectivity index (χ2n) is 5.19. The molecule has 0 aliphatic heterocycles. The van der Waals surface area contributed by atoms with Crippen LogP contribution in [-0.2, 0) is 6.54 Å². The van der Waals surface area contributed by atoms with Gasteiger partial charge in [-0.2, -0.15) is 0 Å². The highest BCUT2D eigenvalue weighted by molar-refractivity contribution is 6.37. The Hall–Kier alpha value is -2.36. The summed E-state index contributed by atoms with van der Waals surface area (Å²) in [5, 5.41) is 0.811. The molecular formula is C19H14Cl2N2O. The van der Waals surface area contributed by atoms with Crippen LogP contribution < -0.4 is 4.90 Å². The first-order valence-electron chi connectivity index (χ1n) is 7.37. The first kappa shape index (κ1) is 16.5. The molecule has 0 saturated heterocycles. The summed E-state index contributed by atoms with van der Waals surface area (Å²) >= 11 is 12.1. The molecular weight excluding hydrogens is 343 g/mol. The molecule has 1 heterocycles. The van der Waals surface area contributed by atoms with Crippen LogP contribution in [0.25, 0.3) is 0 Å². The fourth-order valence-corrected chi connectivity index (χ4v) is 2.83. The molecule has 3 aromatic rings. The molecule has 1 aromatic heterocycles. The van der Waals surface area contributed by atoms with Gasteiger partial charge in [0.15, 0.2) is 0 Å². The van der Waals surface area contributed by atoms with Gasteiger partial charge in [0.25, 0.3) is 5.91 Å². The standard InChI is InChI=1S/C19H14Cl2N2O/c20-15-9-10-16(17(21)12-15)19(24)23(18-8-4-5-11-22-18)13-14-6-2-1-3-7-14/h1-12H,13H2. The van der Waals surface area contributed by atoms with Gasteiger partial charge in [-0.15, -0.1) is 0 Å². The van der Waals surface area contributed by atoms with E-state index in [2.05, 4.69) is 4.98 Å². The first-order chi connectivity index (χ1) is 11.6. The SMILES string of the molecule is O=C(c1ccc(Cl)cc1Cl)N(Cc1ccccc1)c1ccccn1. The molecule has 3 nitrogen and oxygen atoms in total. The zero-order chi connectivity index (χ0) is 16.9. The monoisotopic (exact) mass is 356 g/mol. The van der Waals surface area contributed by atoms with Crippen molar-refractivity contribution in [2.24, 2.45) is 0 Å². The summed E-state index contributed by atoms with van der Waals surface area (Å²) in [5.41, 5.74) is 1.39. The van der Waals surface area contributed by atoms with Gasteiger partial charge >= 0.3 is 0 Å². The van der Waals surface area contributed by atoms with Crippen LogP contribution in [0.4, 0.5) is 5.82 Å². The maximum atomic E-state index is 13.0. The van der Waals surface area contributed by atoms with Gasteiger partial charge in [-0.1, -0.05) is 59.6 Å². The summed E-state index contributed by atoms with van der Waals surface area (Å²) < 4.78 is 0. The number of carbonyl (C=O) groups excluding carboxylic acids is 1. The highest BCUT2D eigenvalue weighted by Crippen LogP contribution is 2.25. The maximum Gasteiger partial charge on any atom is 0.261 e. The molecule has 0 spiro atoms. The zero-order valence-electron chi connectivity index (χ0n) is 12.7. The summed E-state index contributed by atoms with van der Waals surface area (Å²) in [6, 6.07) is 20.0. The van der Waals surface area contributed by atoms with Crippen LogP contribution in [0.5, 0.6) is 0 Å². The number of halogens is 2. The topological polar surface area (TPSA) is 33.2 Å². The summed E-state index contributed by atoms with van der Waals surface area (Å²) in [4.78, 5) is 18.9. The van der Waals surface area contributed by atoms with E-state index in [4.69, 9.17) is 23.2 Å². The fourth-order valence-electron chi connectivity index (χ4n) is 2.34. The number of pyridine rings is 1. The van der Waals surface area contributed by atoms with Gasteiger partial charge < -0.3 is 0 Å². The van der Waals surface area contributed by atoms with E-state index in [0.717, 1.165) is 5.56 Å². The van der Waals surface area contributed by atoms with Crippen molar-refractivity contribution in [3.8, 4) is 0 Å². The van der Waals surface area contributed by atoms with Crippen LogP contribution >= 0.6 is 23.2 Å². The lowest BCUT2D eigenvalue weighted by Gasteiger charge is -2.22. The second kappa shape index (κ2) is 7.47. The maximum absolute atomic E-state index is 13.0. The summed E-state index contributed by atoms with van der Waals surface area (Å²) in [5.74, 6) is 0.344. The van der Waals surface area contributed by atoms with Gasteiger partial charge in [-0.25, -0.2) is 4.98 Å². The van der Waals surface area contributed by atoms with Crippen LogP contribution in [0.2, 0.25) is 10.0 Å². The van der Waals surface area contributed by atoms with E-state index in [1.165, 1.54) is 0 Å². The van der Waals surface area contributed by atoms with Crippen LogP contribution in [-0.4, -0.2) is 10.9 Å². The normalized spacial score (nSPS) is 10.4. The molecule has 0 aliphatic rings. The van der Waals surface area contributed by atoms with E-state index >= 15 is 0 Å². The minimum absolute atomic E-state index is 0.223. The number of amides is 1. The van der Waals surface area contributed by atoms with E-state index in [9.17, 15) is 4.79 Å². The van der Waals surface area contributed by atoms with Crippen LogP contribution in [0.3, 0.4) is 0 Å². The van der Waals surface area contributed by atoms with Crippen molar-refractivity contribution in [3.63, 3.8) is 0 Å². The smallest absolute Gasteiger partial charge is 0.261 e. The van der Waals surface area contributed by atoms with Crippen LogP contribution in [0.15, 0.2) is 72.9 Å². The number of hydrogen-bond donors (Lipinski definition) is 0. The number of benzene rings is 2. The predicted octanol–water partition coefficient (Wildman–Crippen LogP) is 5.24. The summed E-state index contributed by atoms with van der Waals surface area (Å²) in [6.07, 6.45) is 1.66. The van der Waals surface area contributed by atoms with E-state index in [1.807, 2.05) is 42.5 Å². The Morgan fingerprint density at radius 3 is 2.38 bits per heavy atom. The minimum Gasteiger partial charge on any atom is -0.288 e. The highest BCUT2D eigenvalue weighted by Gasteiger charge is 2.21. The van der Waals surface area contributed by atoms with E-state index in [-0.39, 0.29) is 5.91 Å². The second-order valence-corrected chi connectivity index (χ2v) is 6.03. The Morgan fingerprint density at radius 1 is 0.958 bits per heavy atom. The molecule has 0 atom stereocenters. The molecule has 0 saturated carbocycles. The number of rotatable bonds is 4. The quantitative estimate of drug-likeness (QED) is 0.640. The third-order valence-corrected chi connectivity index (χ3v) is 4.06. The van der Waals surface area contributed by atoms with Crippen LogP contribution in [0, 0.1) is 0 Å². The van der Waals surface area contributed by atoms with Gasteiger partial charge in [0.2, 0.25) is 0 Å². The molecule has 0 unspecified atom stereocenters. The van der Waals surface area contributed by atoms with E-state index in [0.29, 0.717) is 28.0 Å². The van der Waals surface area contributed by atoms with Crippen molar-refractivity contribution in [1.29, 1.82) is 0 Å². The summed E-state index contributed by atoms with van der Waals surface area (Å²) in [6.45, 7) is 0.398. The average molecular weight is 357 g/mol. The van der Waals surface area contributed by atoms with Crippen molar-refractivity contribution in [2.75, 3.05) is 4.90 Å². The number of aromatic nitrogens is 1. The number of hydrogen-bond acceptors (Lipinski definition) is 2. The van der Waals surface area contributed by atoms with Gasteiger partial charge in [-0.3, -0.25) is 9.69 Å². The Labute approximate surface area is 150 Å². The largest absolute Gasteiger partial charge is 0.288 e. The van der Waals surface area contributed by atoms with Crippen LogP contribution in [0.1, 0.15) is 15.9 Å². The van der Waals surface area contributed by atoms with Gasteiger partial charge in [0.1, 0.15) is 5.82 Å². The average Bonchev–Trinajstić information content (AvgIpc) is 2.61.